The third-order valence-electron chi connectivity index (χ3n) is 4.48. The van der Waals surface area contributed by atoms with Crippen LogP contribution in [0.15, 0.2) is 0 Å². The van der Waals surface area contributed by atoms with E-state index in [1.54, 1.807) is 0 Å². The highest BCUT2D eigenvalue weighted by Gasteiger charge is 2.31. The summed E-state index contributed by atoms with van der Waals surface area (Å²) < 4.78 is 0. The molecule has 4 heteroatoms. The zero-order valence-electron chi connectivity index (χ0n) is 11.5. The summed E-state index contributed by atoms with van der Waals surface area (Å²) in [6, 6.07) is 1.16. The van der Waals surface area contributed by atoms with Crippen molar-refractivity contribution in [3.63, 3.8) is 0 Å². The Morgan fingerprint density at radius 1 is 1.22 bits per heavy atom. The summed E-state index contributed by atoms with van der Waals surface area (Å²) in [4.78, 5) is 2.29. The van der Waals surface area contributed by atoms with Gasteiger partial charge in [0.15, 0.2) is 0 Å². The molecule has 1 aliphatic carbocycles. The summed E-state index contributed by atoms with van der Waals surface area (Å²) in [5.74, 6) is 0.337. The molecule has 1 aliphatic heterocycles. The topological polar surface area (TPSA) is 55.7 Å². The molecule has 0 aromatic heterocycles. The first-order chi connectivity index (χ1) is 8.69. The van der Waals surface area contributed by atoms with Crippen molar-refractivity contribution < 1.29 is 10.2 Å². The zero-order valence-corrected chi connectivity index (χ0v) is 11.5. The molecule has 0 aromatic carbocycles. The van der Waals surface area contributed by atoms with Crippen LogP contribution in [0.25, 0.3) is 0 Å². The maximum absolute atomic E-state index is 9.82. The molecule has 0 radical (unpaired) electrons. The molecule has 1 saturated carbocycles. The summed E-state index contributed by atoms with van der Waals surface area (Å²) >= 11 is 0. The number of β-amino-alcohol motifs (C(OH)–C–C–N with tert-alkyl or cyclic N) is 1. The van der Waals surface area contributed by atoms with Crippen LogP contribution in [0.4, 0.5) is 0 Å². The van der Waals surface area contributed by atoms with Crippen molar-refractivity contribution >= 4 is 0 Å². The summed E-state index contributed by atoms with van der Waals surface area (Å²) in [6.45, 7) is 4.76. The molecule has 18 heavy (non-hydrogen) atoms. The number of hydrogen-bond donors (Lipinski definition) is 3. The fourth-order valence-corrected chi connectivity index (χ4v) is 3.45. The lowest BCUT2D eigenvalue weighted by molar-refractivity contribution is 0.0391. The first-order valence-electron chi connectivity index (χ1n) is 7.46. The van der Waals surface area contributed by atoms with Crippen LogP contribution in [0.5, 0.6) is 0 Å². The number of likely N-dealkylation sites (tertiary alicyclic amines) is 1. The molecule has 2 rings (SSSR count). The van der Waals surface area contributed by atoms with Gasteiger partial charge >= 0.3 is 0 Å². The van der Waals surface area contributed by atoms with Gasteiger partial charge in [0.2, 0.25) is 0 Å². The van der Waals surface area contributed by atoms with Gasteiger partial charge in [0.25, 0.3) is 0 Å². The highest BCUT2D eigenvalue weighted by atomic mass is 16.3. The van der Waals surface area contributed by atoms with Crippen LogP contribution in [-0.2, 0) is 0 Å². The van der Waals surface area contributed by atoms with Gasteiger partial charge in [0.05, 0.1) is 12.7 Å². The van der Waals surface area contributed by atoms with E-state index in [1.807, 2.05) is 6.92 Å². The van der Waals surface area contributed by atoms with Gasteiger partial charge in [-0.25, -0.2) is 0 Å². The number of aliphatic hydroxyl groups is 2. The van der Waals surface area contributed by atoms with Crippen LogP contribution in [0.3, 0.4) is 0 Å². The van der Waals surface area contributed by atoms with Crippen molar-refractivity contribution in [2.45, 2.75) is 57.2 Å². The predicted molar refractivity (Wildman–Crippen MR) is 72.5 cm³/mol. The summed E-state index contributed by atoms with van der Waals surface area (Å²) in [6.07, 6.45) is 6.12. The first kappa shape index (κ1) is 14.3. The van der Waals surface area contributed by atoms with Crippen LogP contribution in [0.2, 0.25) is 0 Å². The minimum absolute atomic E-state index is 0.211. The molecule has 1 saturated heterocycles. The van der Waals surface area contributed by atoms with E-state index in [2.05, 4.69) is 10.2 Å². The van der Waals surface area contributed by atoms with Gasteiger partial charge < -0.3 is 15.5 Å². The second-order valence-corrected chi connectivity index (χ2v) is 6.06. The molecule has 2 fully saturated rings. The number of nitrogens with one attached hydrogen (secondary N) is 1. The molecular weight excluding hydrogens is 228 g/mol. The third kappa shape index (κ3) is 3.92. The minimum Gasteiger partial charge on any atom is -0.395 e. The fourth-order valence-electron chi connectivity index (χ4n) is 3.45. The van der Waals surface area contributed by atoms with Crippen LogP contribution >= 0.6 is 0 Å². The van der Waals surface area contributed by atoms with E-state index in [0.717, 1.165) is 26.1 Å². The molecule has 0 amide bonds. The predicted octanol–water partition coefficient (Wildman–Crippen LogP) is 0.582. The van der Waals surface area contributed by atoms with E-state index >= 15 is 0 Å². The average molecular weight is 256 g/mol. The molecular formula is C14H28N2O2. The van der Waals surface area contributed by atoms with Gasteiger partial charge in [-0.3, -0.25) is 4.90 Å². The van der Waals surface area contributed by atoms with Crippen LogP contribution in [-0.4, -0.2) is 59.5 Å². The van der Waals surface area contributed by atoms with E-state index in [1.165, 1.54) is 25.7 Å². The minimum atomic E-state index is -0.251. The first-order valence-corrected chi connectivity index (χ1v) is 7.46. The van der Waals surface area contributed by atoms with Gasteiger partial charge in [-0.1, -0.05) is 12.8 Å². The van der Waals surface area contributed by atoms with Gasteiger partial charge in [0.1, 0.15) is 0 Å². The molecule has 106 valence electrons. The van der Waals surface area contributed by atoms with E-state index in [-0.39, 0.29) is 12.7 Å². The van der Waals surface area contributed by atoms with E-state index in [4.69, 9.17) is 5.11 Å². The van der Waals surface area contributed by atoms with Gasteiger partial charge in [-0.05, 0) is 32.1 Å². The van der Waals surface area contributed by atoms with Crippen molar-refractivity contribution in [2.24, 2.45) is 5.92 Å². The second-order valence-electron chi connectivity index (χ2n) is 6.06. The largest absolute Gasteiger partial charge is 0.395 e. The molecule has 0 spiro atoms. The number of hydrogen-bond acceptors (Lipinski definition) is 4. The smallest absolute Gasteiger partial charge is 0.0558 e. The third-order valence-corrected chi connectivity index (χ3v) is 4.48. The van der Waals surface area contributed by atoms with Crippen molar-refractivity contribution in [3.05, 3.63) is 0 Å². The molecule has 3 unspecified atom stereocenters. The number of aliphatic hydroxyl groups excluding tert-OH is 2. The molecule has 3 atom stereocenters. The van der Waals surface area contributed by atoms with Crippen molar-refractivity contribution in [1.29, 1.82) is 0 Å². The Kier molecular flexibility index (Phi) is 5.42. The molecule has 4 nitrogen and oxygen atoms in total. The highest BCUT2D eigenvalue weighted by Crippen LogP contribution is 2.23. The van der Waals surface area contributed by atoms with Crippen molar-refractivity contribution in [3.8, 4) is 0 Å². The Labute approximate surface area is 110 Å². The lowest BCUT2D eigenvalue weighted by atomic mass is 9.89. The molecule has 0 aromatic rings. The van der Waals surface area contributed by atoms with Crippen LogP contribution < -0.4 is 5.32 Å². The zero-order chi connectivity index (χ0) is 13.0. The van der Waals surface area contributed by atoms with E-state index in [0.29, 0.717) is 18.0 Å². The van der Waals surface area contributed by atoms with Gasteiger partial charge in [0, 0.05) is 31.7 Å². The molecule has 3 N–H and O–H groups in total. The summed E-state index contributed by atoms with van der Waals surface area (Å²) in [7, 11) is 0. The summed E-state index contributed by atoms with van der Waals surface area (Å²) in [5.41, 5.74) is 0. The second kappa shape index (κ2) is 6.85. The molecule has 2 aliphatic rings. The summed E-state index contributed by atoms with van der Waals surface area (Å²) in [5, 5.41) is 22.7. The van der Waals surface area contributed by atoms with Gasteiger partial charge in [-0.15, -0.1) is 0 Å². The Morgan fingerprint density at radius 3 is 2.56 bits per heavy atom. The maximum Gasteiger partial charge on any atom is 0.0558 e. The number of nitrogens with zero attached hydrogens (tertiary/aromatic N) is 1. The Hall–Kier alpha value is -0.160. The Bertz CT molecular complexity index is 240. The molecule has 0 bridgehead atoms. The normalized spacial score (nSPS) is 32.8. The van der Waals surface area contributed by atoms with E-state index in [9.17, 15) is 5.11 Å². The van der Waals surface area contributed by atoms with E-state index < -0.39 is 0 Å². The Balaban J connectivity index is 1.87. The monoisotopic (exact) mass is 256 g/mol. The molecule has 1 heterocycles. The van der Waals surface area contributed by atoms with Crippen LogP contribution in [0, 0.1) is 5.92 Å². The van der Waals surface area contributed by atoms with Crippen molar-refractivity contribution in [2.75, 3.05) is 26.2 Å². The average Bonchev–Trinajstić information content (AvgIpc) is 2.82. The number of rotatable bonds is 5. The van der Waals surface area contributed by atoms with Crippen molar-refractivity contribution in [1.82, 2.24) is 10.2 Å². The maximum atomic E-state index is 9.82. The standard InChI is InChI=1S/C14H28N2O2/c1-11(18)12-8-14(10-16(9-12)6-7-17)15-13-4-2-3-5-13/h11-15,17-18H,2-10H2,1H3. The number of piperidine rings is 1. The SMILES string of the molecule is CC(O)C1CC(NC2CCCC2)CN(CCO)C1. The lowest BCUT2D eigenvalue weighted by Crippen LogP contribution is -2.53. The highest BCUT2D eigenvalue weighted by molar-refractivity contribution is 4.88. The lowest BCUT2D eigenvalue weighted by Gasteiger charge is -2.40. The van der Waals surface area contributed by atoms with Gasteiger partial charge in [-0.2, -0.15) is 0 Å². The fraction of sp³-hybridized carbons (Fsp3) is 1.00. The quantitative estimate of drug-likeness (QED) is 0.673. The Morgan fingerprint density at radius 2 is 1.94 bits per heavy atom. The van der Waals surface area contributed by atoms with Crippen LogP contribution in [0.1, 0.15) is 39.0 Å².